The molecule has 0 saturated carbocycles. The molecule has 3 rings (SSSR count). The average Bonchev–Trinajstić information content (AvgIpc) is 3.16. The van der Waals surface area contributed by atoms with Gasteiger partial charge in [0, 0.05) is 31.7 Å². The van der Waals surface area contributed by atoms with Gasteiger partial charge in [-0.15, -0.1) is 0 Å². The maximum absolute atomic E-state index is 12.7. The fourth-order valence-corrected chi connectivity index (χ4v) is 3.80. The summed E-state index contributed by atoms with van der Waals surface area (Å²) in [4.78, 5) is 28.3. The van der Waals surface area contributed by atoms with E-state index in [2.05, 4.69) is 21.4 Å². The van der Waals surface area contributed by atoms with Crippen molar-refractivity contribution in [2.75, 3.05) is 26.2 Å². The zero-order valence-electron chi connectivity index (χ0n) is 14.7. The van der Waals surface area contributed by atoms with E-state index in [1.165, 1.54) is 4.90 Å². The molecule has 8 heteroatoms. The van der Waals surface area contributed by atoms with Crippen molar-refractivity contribution in [1.82, 2.24) is 24.9 Å². The number of imide groups is 1. The maximum atomic E-state index is 12.7. The van der Waals surface area contributed by atoms with Crippen molar-refractivity contribution in [2.45, 2.75) is 38.8 Å². The molecule has 0 bridgehead atoms. The second-order valence-corrected chi connectivity index (χ2v) is 6.93. The summed E-state index contributed by atoms with van der Waals surface area (Å²) in [6.07, 6.45) is 5.23. The van der Waals surface area contributed by atoms with E-state index >= 15 is 0 Å². The topological polar surface area (TPSA) is 94.3 Å². The summed E-state index contributed by atoms with van der Waals surface area (Å²) < 4.78 is 1.77. The first-order chi connectivity index (χ1) is 12.0. The Morgan fingerprint density at radius 2 is 2.24 bits per heavy atom. The van der Waals surface area contributed by atoms with Crippen LogP contribution in [0.5, 0.6) is 0 Å². The zero-order chi connectivity index (χ0) is 18.0. The summed E-state index contributed by atoms with van der Waals surface area (Å²) in [7, 11) is 0. The molecule has 134 valence electrons. The molecule has 25 heavy (non-hydrogen) atoms. The Morgan fingerprint density at radius 1 is 1.44 bits per heavy atom. The lowest BCUT2D eigenvalue weighted by atomic mass is 9.80. The average molecular weight is 344 g/mol. The molecular formula is C17H24N6O2. The van der Waals surface area contributed by atoms with Gasteiger partial charge < -0.3 is 10.2 Å². The normalized spacial score (nSPS) is 27.4. The van der Waals surface area contributed by atoms with Crippen molar-refractivity contribution in [1.29, 1.82) is 5.26 Å². The van der Waals surface area contributed by atoms with Crippen LogP contribution in [0.2, 0.25) is 0 Å². The molecule has 8 nitrogen and oxygen atoms in total. The van der Waals surface area contributed by atoms with Gasteiger partial charge in [0.05, 0.1) is 18.3 Å². The highest BCUT2D eigenvalue weighted by Gasteiger charge is 2.52. The molecular weight excluding hydrogens is 320 g/mol. The van der Waals surface area contributed by atoms with E-state index in [-0.39, 0.29) is 17.9 Å². The number of nitrogens with one attached hydrogen (secondary N) is 1. The predicted molar refractivity (Wildman–Crippen MR) is 90.4 cm³/mol. The minimum absolute atomic E-state index is 0.0986. The first-order valence-electron chi connectivity index (χ1n) is 8.77. The number of rotatable bonds is 5. The molecule has 0 aliphatic carbocycles. The number of hydrogen-bond acceptors (Lipinski definition) is 5. The minimum atomic E-state index is -0.814. The molecule has 2 atom stereocenters. The van der Waals surface area contributed by atoms with Gasteiger partial charge in [-0.2, -0.15) is 10.4 Å². The van der Waals surface area contributed by atoms with Crippen LogP contribution < -0.4 is 5.32 Å². The number of hydrogen-bond donors (Lipinski definition) is 1. The second-order valence-electron chi connectivity index (χ2n) is 6.93. The summed E-state index contributed by atoms with van der Waals surface area (Å²) >= 11 is 0. The van der Waals surface area contributed by atoms with E-state index in [9.17, 15) is 9.59 Å². The van der Waals surface area contributed by atoms with Crippen molar-refractivity contribution in [2.24, 2.45) is 5.92 Å². The Labute approximate surface area is 147 Å². The highest BCUT2D eigenvalue weighted by Crippen LogP contribution is 2.32. The monoisotopic (exact) mass is 344 g/mol. The number of urea groups is 1. The van der Waals surface area contributed by atoms with Crippen LogP contribution in [0.3, 0.4) is 0 Å². The highest BCUT2D eigenvalue weighted by atomic mass is 16.2. The first kappa shape index (κ1) is 17.4. The fourth-order valence-electron chi connectivity index (χ4n) is 3.80. The van der Waals surface area contributed by atoms with Gasteiger partial charge in [0.25, 0.3) is 5.91 Å². The van der Waals surface area contributed by atoms with Crippen LogP contribution in [0.4, 0.5) is 4.79 Å². The summed E-state index contributed by atoms with van der Waals surface area (Å²) in [6.45, 7) is 7.31. The van der Waals surface area contributed by atoms with Crippen molar-refractivity contribution in [3.63, 3.8) is 0 Å². The van der Waals surface area contributed by atoms with Gasteiger partial charge >= 0.3 is 6.03 Å². The van der Waals surface area contributed by atoms with E-state index in [4.69, 9.17) is 5.26 Å². The molecule has 2 fully saturated rings. The number of nitriles is 1. The third-order valence-corrected chi connectivity index (χ3v) is 5.35. The van der Waals surface area contributed by atoms with Gasteiger partial charge in [0.15, 0.2) is 0 Å². The van der Waals surface area contributed by atoms with Crippen molar-refractivity contribution < 1.29 is 9.59 Å². The highest BCUT2D eigenvalue weighted by molar-refractivity contribution is 6.07. The third kappa shape index (κ3) is 3.24. The fraction of sp³-hybridized carbons (Fsp3) is 0.647. The quantitative estimate of drug-likeness (QED) is 0.797. The van der Waals surface area contributed by atoms with Crippen LogP contribution in [0.1, 0.15) is 32.3 Å². The Bertz CT molecular complexity index is 708. The van der Waals surface area contributed by atoms with Gasteiger partial charge in [-0.25, -0.2) is 4.79 Å². The lowest BCUT2D eigenvalue weighted by Gasteiger charge is -2.39. The van der Waals surface area contributed by atoms with Crippen LogP contribution >= 0.6 is 0 Å². The molecule has 0 radical (unpaired) electrons. The Morgan fingerprint density at radius 3 is 2.88 bits per heavy atom. The third-order valence-electron chi connectivity index (χ3n) is 5.35. The van der Waals surface area contributed by atoms with Crippen LogP contribution in [0, 0.1) is 17.2 Å². The summed E-state index contributed by atoms with van der Waals surface area (Å²) in [5.74, 6) is -0.0147. The SMILES string of the molecule is CCN1C(=O)N[C@@](C)([C@@H]2CCCN(CCn3cc(C#N)cn3)C2)C1=O. The van der Waals surface area contributed by atoms with Gasteiger partial charge in [-0.3, -0.25) is 14.4 Å². The number of nitrogens with zero attached hydrogens (tertiary/aromatic N) is 5. The number of carbonyl (C=O) groups is 2. The smallest absolute Gasteiger partial charge is 0.323 e. The van der Waals surface area contributed by atoms with E-state index in [1.54, 1.807) is 17.1 Å². The molecule has 3 amide bonds. The van der Waals surface area contributed by atoms with Crippen LogP contribution in [0.25, 0.3) is 0 Å². The molecule has 0 spiro atoms. The Balaban J connectivity index is 1.62. The van der Waals surface area contributed by atoms with E-state index in [0.717, 1.165) is 32.5 Å². The van der Waals surface area contributed by atoms with Gasteiger partial charge in [0.2, 0.25) is 0 Å². The van der Waals surface area contributed by atoms with Gasteiger partial charge in [0.1, 0.15) is 11.6 Å². The van der Waals surface area contributed by atoms with E-state index in [0.29, 0.717) is 18.7 Å². The molecule has 2 saturated heterocycles. The molecule has 1 aromatic heterocycles. The van der Waals surface area contributed by atoms with Crippen LogP contribution in [-0.4, -0.2) is 63.2 Å². The summed E-state index contributed by atoms with van der Waals surface area (Å²) in [5.41, 5.74) is -0.256. The number of carbonyl (C=O) groups excluding carboxylic acids is 2. The molecule has 3 heterocycles. The summed E-state index contributed by atoms with van der Waals surface area (Å²) in [6, 6.07) is 1.79. The Hall–Kier alpha value is -2.40. The Kier molecular flexibility index (Phi) is 4.77. The molecule has 1 aromatic rings. The minimum Gasteiger partial charge on any atom is -0.323 e. The second kappa shape index (κ2) is 6.84. The standard InChI is InChI=1S/C17H24N6O2/c1-3-23-15(24)17(2,20-16(23)25)14-5-4-6-21(12-14)7-8-22-11-13(9-18)10-19-22/h10-11,14H,3-8,12H2,1-2H3,(H,20,25)/t14-,17+/m1/s1. The van der Waals surface area contributed by atoms with Gasteiger partial charge in [-0.05, 0) is 33.2 Å². The van der Waals surface area contributed by atoms with E-state index in [1.807, 2.05) is 13.8 Å². The zero-order valence-corrected chi connectivity index (χ0v) is 14.7. The molecule has 2 aliphatic rings. The van der Waals surface area contributed by atoms with Crippen LogP contribution in [-0.2, 0) is 11.3 Å². The van der Waals surface area contributed by atoms with Crippen molar-refractivity contribution in [3.8, 4) is 6.07 Å². The number of likely N-dealkylation sites (N-methyl/N-ethyl adjacent to an activating group) is 1. The van der Waals surface area contributed by atoms with Crippen LogP contribution in [0.15, 0.2) is 12.4 Å². The molecule has 0 aromatic carbocycles. The molecule has 0 unspecified atom stereocenters. The summed E-state index contributed by atoms with van der Waals surface area (Å²) in [5, 5.41) is 15.9. The van der Waals surface area contributed by atoms with Crippen molar-refractivity contribution in [3.05, 3.63) is 18.0 Å². The molecule has 2 aliphatic heterocycles. The molecule has 1 N–H and O–H groups in total. The number of amides is 3. The number of piperidine rings is 1. The largest absolute Gasteiger partial charge is 0.325 e. The first-order valence-corrected chi connectivity index (χ1v) is 8.77. The van der Waals surface area contributed by atoms with Gasteiger partial charge in [-0.1, -0.05) is 0 Å². The lowest BCUT2D eigenvalue weighted by Crippen LogP contribution is -2.56. The maximum Gasteiger partial charge on any atom is 0.325 e. The van der Waals surface area contributed by atoms with Crippen molar-refractivity contribution >= 4 is 11.9 Å². The lowest BCUT2D eigenvalue weighted by molar-refractivity contribution is -0.133. The number of likely N-dealkylation sites (tertiary alicyclic amines) is 1. The number of aromatic nitrogens is 2. The predicted octanol–water partition coefficient (Wildman–Crippen LogP) is 0.797. The van der Waals surface area contributed by atoms with E-state index < -0.39 is 5.54 Å².